The van der Waals surface area contributed by atoms with Crippen LogP contribution in [0.25, 0.3) is 11.3 Å². The number of carbonyl (C=O) groups is 1. The van der Waals surface area contributed by atoms with Crippen molar-refractivity contribution in [2.75, 3.05) is 18.5 Å². The van der Waals surface area contributed by atoms with Gasteiger partial charge in [0.15, 0.2) is 5.13 Å². The highest BCUT2D eigenvalue weighted by Gasteiger charge is 2.11. The number of carbonyl (C=O) groups excluding carboxylic acids is 1. The monoisotopic (exact) mass is 305 g/mol. The number of benzene rings is 1. The number of nitrogens with two attached hydrogens (primary N) is 1. The van der Waals surface area contributed by atoms with Gasteiger partial charge in [-0.2, -0.15) is 0 Å². The minimum absolute atomic E-state index is 0.0561. The van der Waals surface area contributed by atoms with Crippen LogP contribution >= 0.6 is 11.3 Å². The van der Waals surface area contributed by atoms with E-state index in [9.17, 15) is 4.79 Å². The van der Waals surface area contributed by atoms with Crippen molar-refractivity contribution >= 4 is 22.4 Å². The largest absolute Gasteiger partial charge is 0.493 e. The molecule has 0 saturated heterocycles. The lowest BCUT2D eigenvalue weighted by Gasteiger charge is -2.07. The molecular formula is C15H19N3O2S. The van der Waals surface area contributed by atoms with Crippen molar-refractivity contribution in [2.24, 2.45) is 5.73 Å². The molecule has 0 radical (unpaired) electrons. The Kier molecular flexibility index (Phi) is 5.71. The van der Waals surface area contributed by atoms with Gasteiger partial charge in [0.05, 0.1) is 12.3 Å². The second-order valence-electron chi connectivity index (χ2n) is 4.41. The van der Waals surface area contributed by atoms with E-state index < -0.39 is 0 Å². The summed E-state index contributed by atoms with van der Waals surface area (Å²) in [4.78, 5) is 16.1. The molecule has 0 spiro atoms. The van der Waals surface area contributed by atoms with Crippen molar-refractivity contribution in [2.45, 2.75) is 19.8 Å². The van der Waals surface area contributed by atoms with Crippen LogP contribution in [-0.2, 0) is 4.79 Å². The van der Waals surface area contributed by atoms with Crippen LogP contribution in [-0.4, -0.2) is 24.0 Å². The molecule has 1 amide bonds. The summed E-state index contributed by atoms with van der Waals surface area (Å²) in [5.41, 5.74) is 7.12. The number of anilines is 1. The molecule has 2 aromatic rings. The third kappa shape index (κ3) is 4.27. The molecule has 112 valence electrons. The number of ether oxygens (including phenoxy) is 1. The van der Waals surface area contributed by atoms with Crippen LogP contribution < -0.4 is 15.8 Å². The molecule has 0 aliphatic carbocycles. The van der Waals surface area contributed by atoms with Crippen LogP contribution in [0.4, 0.5) is 5.13 Å². The second-order valence-corrected chi connectivity index (χ2v) is 5.27. The molecule has 0 aliphatic heterocycles. The molecular weight excluding hydrogens is 286 g/mol. The van der Waals surface area contributed by atoms with Gasteiger partial charge in [0.2, 0.25) is 5.91 Å². The molecule has 1 aromatic heterocycles. The van der Waals surface area contributed by atoms with Gasteiger partial charge in [-0.1, -0.05) is 12.1 Å². The Balaban J connectivity index is 2.11. The maximum Gasteiger partial charge on any atom is 0.226 e. The van der Waals surface area contributed by atoms with Gasteiger partial charge in [0, 0.05) is 17.4 Å². The number of amides is 1. The predicted molar refractivity (Wildman–Crippen MR) is 85.6 cm³/mol. The number of thiazole rings is 1. The highest BCUT2D eigenvalue weighted by atomic mass is 32.1. The number of nitrogens with one attached hydrogen (secondary N) is 1. The molecule has 0 atom stereocenters. The minimum atomic E-state index is -0.0561. The molecule has 21 heavy (non-hydrogen) atoms. The van der Waals surface area contributed by atoms with Gasteiger partial charge in [-0.05, 0) is 32.0 Å². The zero-order valence-corrected chi connectivity index (χ0v) is 12.8. The van der Waals surface area contributed by atoms with Crippen LogP contribution in [0.1, 0.15) is 19.8 Å². The van der Waals surface area contributed by atoms with E-state index in [0.717, 1.165) is 17.0 Å². The summed E-state index contributed by atoms with van der Waals surface area (Å²) in [5, 5.41) is 5.30. The van der Waals surface area contributed by atoms with Crippen molar-refractivity contribution in [3.8, 4) is 17.0 Å². The van der Waals surface area contributed by atoms with Crippen LogP contribution in [0.5, 0.6) is 5.75 Å². The summed E-state index contributed by atoms with van der Waals surface area (Å²) in [6.07, 6.45) is 1.10. The molecule has 0 bridgehead atoms. The van der Waals surface area contributed by atoms with Crippen LogP contribution in [0.3, 0.4) is 0 Å². The summed E-state index contributed by atoms with van der Waals surface area (Å²) in [6.45, 7) is 3.06. The highest BCUT2D eigenvalue weighted by molar-refractivity contribution is 7.14. The van der Waals surface area contributed by atoms with Gasteiger partial charge in [-0.25, -0.2) is 4.98 Å². The molecule has 0 unspecified atom stereocenters. The van der Waals surface area contributed by atoms with Gasteiger partial charge in [-0.3, -0.25) is 4.79 Å². The lowest BCUT2D eigenvalue weighted by molar-refractivity contribution is -0.116. The van der Waals surface area contributed by atoms with E-state index in [1.165, 1.54) is 11.3 Å². The maximum absolute atomic E-state index is 11.7. The smallest absolute Gasteiger partial charge is 0.226 e. The number of rotatable bonds is 7. The molecule has 0 saturated carbocycles. The highest BCUT2D eigenvalue weighted by Crippen LogP contribution is 2.32. The third-order valence-corrected chi connectivity index (χ3v) is 3.58. The zero-order valence-electron chi connectivity index (χ0n) is 12.0. The summed E-state index contributed by atoms with van der Waals surface area (Å²) in [7, 11) is 0. The van der Waals surface area contributed by atoms with E-state index in [1.807, 2.05) is 36.6 Å². The van der Waals surface area contributed by atoms with E-state index in [4.69, 9.17) is 10.5 Å². The number of hydrogen-bond acceptors (Lipinski definition) is 5. The van der Waals surface area contributed by atoms with Crippen molar-refractivity contribution < 1.29 is 9.53 Å². The number of para-hydroxylation sites is 1. The van der Waals surface area contributed by atoms with Gasteiger partial charge in [0.25, 0.3) is 0 Å². The first-order chi connectivity index (χ1) is 10.2. The molecule has 3 N–H and O–H groups in total. The van der Waals surface area contributed by atoms with Crippen LogP contribution in [0.2, 0.25) is 0 Å². The first-order valence-electron chi connectivity index (χ1n) is 6.92. The Morgan fingerprint density at radius 2 is 2.24 bits per heavy atom. The SMILES string of the molecule is CCOc1ccccc1-c1csc(NC(=O)CCCN)n1. The van der Waals surface area contributed by atoms with Gasteiger partial charge in [0.1, 0.15) is 5.75 Å². The van der Waals surface area contributed by atoms with E-state index in [0.29, 0.717) is 31.1 Å². The van der Waals surface area contributed by atoms with Crippen molar-refractivity contribution in [1.82, 2.24) is 4.98 Å². The molecule has 1 heterocycles. The van der Waals surface area contributed by atoms with E-state index in [1.54, 1.807) is 0 Å². The number of nitrogens with zero attached hydrogens (tertiary/aromatic N) is 1. The van der Waals surface area contributed by atoms with E-state index >= 15 is 0 Å². The maximum atomic E-state index is 11.7. The Hall–Kier alpha value is -1.92. The van der Waals surface area contributed by atoms with Gasteiger partial charge >= 0.3 is 0 Å². The fourth-order valence-electron chi connectivity index (χ4n) is 1.86. The number of aromatic nitrogens is 1. The van der Waals surface area contributed by atoms with Gasteiger partial charge < -0.3 is 15.8 Å². The predicted octanol–water partition coefficient (Wildman–Crippen LogP) is 2.89. The quantitative estimate of drug-likeness (QED) is 0.824. The lowest BCUT2D eigenvalue weighted by atomic mass is 10.1. The van der Waals surface area contributed by atoms with Crippen LogP contribution in [0.15, 0.2) is 29.6 Å². The Morgan fingerprint density at radius 1 is 1.43 bits per heavy atom. The second kappa shape index (κ2) is 7.75. The zero-order chi connectivity index (χ0) is 15.1. The first kappa shape index (κ1) is 15.5. The van der Waals surface area contributed by atoms with Crippen LogP contribution in [0, 0.1) is 0 Å². The topological polar surface area (TPSA) is 77.2 Å². The Bertz CT molecular complexity index is 598. The summed E-state index contributed by atoms with van der Waals surface area (Å²) < 4.78 is 5.60. The molecule has 0 fully saturated rings. The molecule has 1 aromatic carbocycles. The minimum Gasteiger partial charge on any atom is -0.493 e. The van der Waals surface area contributed by atoms with Crippen molar-refractivity contribution in [3.05, 3.63) is 29.6 Å². The van der Waals surface area contributed by atoms with E-state index in [-0.39, 0.29) is 5.91 Å². The Labute approximate surface area is 128 Å². The first-order valence-corrected chi connectivity index (χ1v) is 7.80. The summed E-state index contributed by atoms with van der Waals surface area (Å²) >= 11 is 1.40. The summed E-state index contributed by atoms with van der Waals surface area (Å²) in [5.74, 6) is 0.741. The summed E-state index contributed by atoms with van der Waals surface area (Å²) in [6, 6.07) is 7.74. The Morgan fingerprint density at radius 3 is 3.00 bits per heavy atom. The normalized spacial score (nSPS) is 10.4. The number of hydrogen-bond donors (Lipinski definition) is 2. The lowest BCUT2D eigenvalue weighted by Crippen LogP contribution is -2.13. The fourth-order valence-corrected chi connectivity index (χ4v) is 2.59. The van der Waals surface area contributed by atoms with E-state index in [2.05, 4.69) is 10.3 Å². The molecule has 6 heteroatoms. The average Bonchev–Trinajstić information content (AvgIpc) is 2.94. The van der Waals surface area contributed by atoms with Gasteiger partial charge in [-0.15, -0.1) is 11.3 Å². The third-order valence-electron chi connectivity index (χ3n) is 2.82. The fraction of sp³-hybridized carbons (Fsp3) is 0.333. The van der Waals surface area contributed by atoms with Crippen molar-refractivity contribution in [3.63, 3.8) is 0 Å². The average molecular weight is 305 g/mol. The molecule has 5 nitrogen and oxygen atoms in total. The molecule has 2 rings (SSSR count). The molecule has 0 aliphatic rings. The standard InChI is InChI=1S/C15H19N3O2S/c1-2-20-13-7-4-3-6-11(13)12-10-21-15(17-12)18-14(19)8-5-9-16/h3-4,6-7,10H,2,5,8-9,16H2,1H3,(H,17,18,19). The van der Waals surface area contributed by atoms with Crippen molar-refractivity contribution in [1.29, 1.82) is 0 Å².